The molecule has 1 aromatic carbocycles. The van der Waals surface area contributed by atoms with Crippen LogP contribution in [-0.2, 0) is 0 Å². The van der Waals surface area contributed by atoms with Gasteiger partial charge in [-0.15, -0.1) is 0 Å². The van der Waals surface area contributed by atoms with Crippen LogP contribution in [-0.4, -0.2) is 31.3 Å². The van der Waals surface area contributed by atoms with Crippen LogP contribution in [0.1, 0.15) is 29.9 Å². The molecule has 1 fully saturated rings. The molecule has 1 aliphatic rings. The Kier molecular flexibility index (Phi) is 3.69. The molecule has 0 spiro atoms. The molecular weight excluding hydrogens is 234 g/mol. The number of nitrogens with two attached hydrogens (primary N) is 1. The van der Waals surface area contributed by atoms with Crippen LogP contribution in [0, 0.1) is 5.41 Å². The number of hydrogen-bond donors (Lipinski definition) is 2. The lowest BCUT2D eigenvalue weighted by Crippen LogP contribution is -2.29. The van der Waals surface area contributed by atoms with Crippen molar-refractivity contribution < 1.29 is 0 Å². The molecule has 92 valence electrons. The smallest absolute Gasteiger partial charge is 0.0448 e. The molecule has 4 heteroatoms. The quantitative estimate of drug-likeness (QED) is 0.627. The van der Waals surface area contributed by atoms with Crippen molar-refractivity contribution in [1.29, 1.82) is 5.41 Å². The number of likely N-dealkylation sites (tertiary alicyclic amines) is 1. The minimum absolute atomic E-state index is 0.501. The summed E-state index contributed by atoms with van der Waals surface area (Å²) in [7, 11) is 2.14. The van der Waals surface area contributed by atoms with Gasteiger partial charge in [-0.1, -0.05) is 11.6 Å². The molecule has 0 atom stereocenters. The van der Waals surface area contributed by atoms with E-state index in [1.807, 2.05) is 6.07 Å². The molecule has 1 aliphatic heterocycles. The number of nitrogen functional groups attached to an aromatic ring is 1. The van der Waals surface area contributed by atoms with Crippen LogP contribution in [0.25, 0.3) is 0 Å². The zero-order chi connectivity index (χ0) is 12.4. The molecule has 0 unspecified atom stereocenters. The van der Waals surface area contributed by atoms with Crippen molar-refractivity contribution in [2.45, 2.75) is 18.8 Å². The van der Waals surface area contributed by atoms with Crippen molar-refractivity contribution in [2.24, 2.45) is 0 Å². The maximum Gasteiger partial charge on any atom is 0.0448 e. The summed E-state index contributed by atoms with van der Waals surface area (Å²) in [4.78, 5) is 2.33. The maximum absolute atomic E-state index is 7.25. The molecule has 0 aromatic heterocycles. The van der Waals surface area contributed by atoms with Crippen molar-refractivity contribution in [3.05, 3.63) is 28.3 Å². The Morgan fingerprint density at radius 2 is 2.06 bits per heavy atom. The summed E-state index contributed by atoms with van der Waals surface area (Å²) in [6.07, 6.45) is 3.50. The van der Waals surface area contributed by atoms with Gasteiger partial charge in [0.05, 0.1) is 0 Å². The van der Waals surface area contributed by atoms with E-state index in [1.54, 1.807) is 6.07 Å². The van der Waals surface area contributed by atoms with E-state index in [4.69, 9.17) is 22.7 Å². The number of nitrogens with one attached hydrogen (secondary N) is 1. The van der Waals surface area contributed by atoms with Gasteiger partial charge in [0, 0.05) is 22.5 Å². The molecule has 2 rings (SSSR count). The summed E-state index contributed by atoms with van der Waals surface area (Å²) in [5.74, 6) is 0.501. The highest BCUT2D eigenvalue weighted by Gasteiger charge is 2.21. The van der Waals surface area contributed by atoms with Gasteiger partial charge in [0.25, 0.3) is 0 Å². The fourth-order valence-electron chi connectivity index (χ4n) is 2.38. The van der Waals surface area contributed by atoms with Crippen molar-refractivity contribution in [2.75, 3.05) is 25.9 Å². The Morgan fingerprint density at radius 3 is 2.65 bits per heavy atom. The summed E-state index contributed by atoms with van der Waals surface area (Å²) in [5.41, 5.74) is 8.41. The molecule has 1 heterocycles. The standard InChI is InChI=1S/C13H18ClN3/c1-17-4-2-9(3-5-17)11-7-13(16)10(8-15)6-12(11)14/h6-9,15H,2-5,16H2,1H3. The zero-order valence-corrected chi connectivity index (χ0v) is 10.8. The van der Waals surface area contributed by atoms with E-state index < -0.39 is 0 Å². The monoisotopic (exact) mass is 251 g/mol. The first-order valence-electron chi connectivity index (χ1n) is 5.89. The van der Waals surface area contributed by atoms with Crippen molar-refractivity contribution >= 4 is 23.5 Å². The van der Waals surface area contributed by atoms with Gasteiger partial charge < -0.3 is 16.0 Å². The number of anilines is 1. The molecule has 0 aliphatic carbocycles. The Labute approximate surface area is 107 Å². The second kappa shape index (κ2) is 5.07. The van der Waals surface area contributed by atoms with E-state index in [9.17, 15) is 0 Å². The average Bonchev–Trinajstić information content (AvgIpc) is 2.33. The second-order valence-corrected chi connectivity index (χ2v) is 5.13. The second-order valence-electron chi connectivity index (χ2n) is 4.72. The summed E-state index contributed by atoms with van der Waals surface area (Å²) in [6, 6.07) is 3.75. The van der Waals surface area contributed by atoms with Crippen molar-refractivity contribution in [1.82, 2.24) is 4.90 Å². The molecule has 1 saturated heterocycles. The van der Waals surface area contributed by atoms with Crippen LogP contribution < -0.4 is 5.73 Å². The van der Waals surface area contributed by atoms with Gasteiger partial charge >= 0.3 is 0 Å². The largest absolute Gasteiger partial charge is 0.398 e. The number of hydrogen-bond acceptors (Lipinski definition) is 3. The normalized spacial score (nSPS) is 18.2. The van der Waals surface area contributed by atoms with Crippen molar-refractivity contribution in [3.8, 4) is 0 Å². The van der Waals surface area contributed by atoms with Crippen LogP contribution in [0.3, 0.4) is 0 Å². The number of nitrogens with zero attached hydrogens (tertiary/aromatic N) is 1. The highest BCUT2D eigenvalue weighted by Crippen LogP contribution is 2.34. The summed E-state index contributed by atoms with van der Waals surface area (Å²) < 4.78 is 0. The molecule has 0 saturated carbocycles. The van der Waals surface area contributed by atoms with Gasteiger partial charge in [0.2, 0.25) is 0 Å². The molecular formula is C13H18ClN3. The fourth-order valence-corrected chi connectivity index (χ4v) is 2.71. The number of halogens is 1. The van der Waals surface area contributed by atoms with Crippen LogP contribution in [0.5, 0.6) is 0 Å². The Bertz CT molecular complexity index is 423. The number of rotatable bonds is 2. The van der Waals surface area contributed by atoms with Gasteiger partial charge in [-0.25, -0.2) is 0 Å². The highest BCUT2D eigenvalue weighted by molar-refractivity contribution is 6.31. The van der Waals surface area contributed by atoms with Crippen LogP contribution >= 0.6 is 11.6 Å². The Hall–Kier alpha value is -1.06. The Morgan fingerprint density at radius 1 is 1.41 bits per heavy atom. The predicted molar refractivity (Wildman–Crippen MR) is 73.2 cm³/mol. The maximum atomic E-state index is 7.25. The van der Waals surface area contributed by atoms with E-state index in [1.165, 1.54) is 6.21 Å². The summed E-state index contributed by atoms with van der Waals surface area (Å²) in [6.45, 7) is 2.21. The lowest BCUT2D eigenvalue weighted by molar-refractivity contribution is 0.255. The van der Waals surface area contributed by atoms with Gasteiger partial charge in [0.15, 0.2) is 0 Å². The van der Waals surface area contributed by atoms with Crippen molar-refractivity contribution in [3.63, 3.8) is 0 Å². The molecule has 3 N–H and O–H groups in total. The molecule has 0 amide bonds. The fraction of sp³-hybridized carbons (Fsp3) is 0.462. The topological polar surface area (TPSA) is 53.1 Å². The van der Waals surface area contributed by atoms with E-state index in [2.05, 4.69) is 11.9 Å². The SMILES string of the molecule is CN1CCC(c2cc(N)c(C=N)cc2Cl)CC1. The van der Waals surface area contributed by atoms with E-state index in [-0.39, 0.29) is 0 Å². The molecule has 0 bridgehead atoms. The average molecular weight is 252 g/mol. The molecule has 0 radical (unpaired) electrons. The van der Waals surface area contributed by atoms with E-state index in [0.717, 1.165) is 36.5 Å². The first-order valence-corrected chi connectivity index (χ1v) is 6.27. The summed E-state index contributed by atoms with van der Waals surface area (Å²) >= 11 is 6.28. The van der Waals surface area contributed by atoms with Crippen LogP contribution in [0.2, 0.25) is 5.02 Å². The third kappa shape index (κ3) is 2.61. The first-order chi connectivity index (χ1) is 8.11. The highest BCUT2D eigenvalue weighted by atomic mass is 35.5. The number of benzene rings is 1. The molecule has 3 nitrogen and oxygen atoms in total. The number of piperidine rings is 1. The van der Waals surface area contributed by atoms with Gasteiger partial charge in [-0.05, 0) is 56.6 Å². The van der Waals surface area contributed by atoms with Crippen LogP contribution in [0.4, 0.5) is 5.69 Å². The van der Waals surface area contributed by atoms with Gasteiger partial charge in [-0.2, -0.15) is 0 Å². The van der Waals surface area contributed by atoms with Gasteiger partial charge in [0.1, 0.15) is 0 Å². The minimum Gasteiger partial charge on any atom is -0.398 e. The Balaban J connectivity index is 2.26. The third-order valence-electron chi connectivity index (χ3n) is 3.52. The first kappa shape index (κ1) is 12.4. The van der Waals surface area contributed by atoms with Gasteiger partial charge in [-0.3, -0.25) is 0 Å². The lowest BCUT2D eigenvalue weighted by atomic mass is 9.88. The predicted octanol–water partition coefficient (Wildman–Crippen LogP) is 2.73. The molecule has 17 heavy (non-hydrogen) atoms. The lowest BCUT2D eigenvalue weighted by Gasteiger charge is -2.30. The van der Waals surface area contributed by atoms with E-state index in [0.29, 0.717) is 17.2 Å². The summed E-state index contributed by atoms with van der Waals surface area (Å²) in [5, 5.41) is 8.00. The van der Waals surface area contributed by atoms with Crippen LogP contribution in [0.15, 0.2) is 12.1 Å². The van der Waals surface area contributed by atoms with E-state index >= 15 is 0 Å². The minimum atomic E-state index is 0.501. The zero-order valence-electron chi connectivity index (χ0n) is 10.0. The molecule has 1 aromatic rings. The third-order valence-corrected chi connectivity index (χ3v) is 3.84.